The van der Waals surface area contributed by atoms with Gasteiger partial charge in [0.25, 0.3) is 5.69 Å². The number of anilines is 1. The maximum atomic E-state index is 11.3. The van der Waals surface area contributed by atoms with Crippen molar-refractivity contribution in [1.82, 2.24) is 0 Å². The van der Waals surface area contributed by atoms with Crippen molar-refractivity contribution in [2.24, 2.45) is 5.73 Å². The highest BCUT2D eigenvalue weighted by Gasteiger charge is 2.16. The molecule has 0 radical (unpaired) electrons. The van der Waals surface area contributed by atoms with Gasteiger partial charge in [0.05, 0.1) is 17.6 Å². The summed E-state index contributed by atoms with van der Waals surface area (Å²) in [5.74, 6) is -1.13. The lowest BCUT2D eigenvalue weighted by Gasteiger charge is -2.07. The molecule has 1 amide bonds. The van der Waals surface area contributed by atoms with Crippen LogP contribution in [0.3, 0.4) is 0 Å². The molecule has 1 aromatic rings. The lowest BCUT2D eigenvalue weighted by Crippen LogP contribution is -2.16. The van der Waals surface area contributed by atoms with E-state index >= 15 is 0 Å². The lowest BCUT2D eigenvalue weighted by atomic mass is 10.1. The van der Waals surface area contributed by atoms with Gasteiger partial charge in [-0.15, -0.1) is 0 Å². The Bertz CT molecular complexity index is 515. The Morgan fingerprint density at radius 3 is 2.68 bits per heavy atom. The molecule has 0 aliphatic carbocycles. The fourth-order valence-electron chi connectivity index (χ4n) is 1.40. The van der Waals surface area contributed by atoms with Crippen LogP contribution in [0.5, 0.6) is 0 Å². The second kappa shape index (κ2) is 6.34. The summed E-state index contributed by atoms with van der Waals surface area (Å²) in [6.45, 7) is 0.140. The van der Waals surface area contributed by atoms with Crippen molar-refractivity contribution < 1.29 is 19.2 Å². The Morgan fingerprint density at radius 1 is 1.47 bits per heavy atom. The van der Waals surface area contributed by atoms with Crippen LogP contribution >= 0.6 is 0 Å². The number of carbonyl (C=O) groups excluding carboxylic acids is 2. The number of hydrogen-bond donors (Lipinski definition) is 2. The number of rotatable bonds is 6. The monoisotopic (exact) mass is 267 g/mol. The average molecular weight is 267 g/mol. The number of nitrogens with one attached hydrogen (secondary N) is 1. The third-order valence-corrected chi connectivity index (χ3v) is 2.30. The van der Waals surface area contributed by atoms with Gasteiger partial charge in [-0.2, -0.15) is 0 Å². The fourth-order valence-corrected chi connectivity index (χ4v) is 1.40. The zero-order valence-corrected chi connectivity index (χ0v) is 10.2. The molecule has 0 saturated heterocycles. The van der Waals surface area contributed by atoms with Gasteiger partial charge in [-0.3, -0.25) is 14.9 Å². The molecule has 0 spiro atoms. The van der Waals surface area contributed by atoms with E-state index in [1.165, 1.54) is 25.3 Å². The third kappa shape index (κ3) is 3.95. The first-order valence-corrected chi connectivity index (χ1v) is 5.34. The number of nitrogens with zero attached hydrogens (tertiary/aromatic N) is 1. The number of nitro benzene ring substituents is 1. The molecule has 1 aromatic carbocycles. The van der Waals surface area contributed by atoms with E-state index in [0.717, 1.165) is 0 Å². The number of nitro groups is 1. The highest BCUT2D eigenvalue weighted by Crippen LogP contribution is 2.25. The molecule has 0 bridgehead atoms. The number of hydrogen-bond acceptors (Lipinski definition) is 6. The molecule has 1 rings (SSSR count). The molecule has 0 fully saturated rings. The molecule has 102 valence electrons. The summed E-state index contributed by atoms with van der Waals surface area (Å²) in [6, 6.07) is 3.78. The van der Waals surface area contributed by atoms with Crippen molar-refractivity contribution in [3.8, 4) is 0 Å². The van der Waals surface area contributed by atoms with Gasteiger partial charge in [0, 0.05) is 19.0 Å². The number of esters is 1. The number of benzene rings is 1. The molecule has 0 aromatic heterocycles. The smallest absolute Gasteiger partial charge is 0.337 e. The second-order valence-corrected chi connectivity index (χ2v) is 3.62. The van der Waals surface area contributed by atoms with Gasteiger partial charge >= 0.3 is 5.97 Å². The summed E-state index contributed by atoms with van der Waals surface area (Å²) in [7, 11) is 1.21. The van der Waals surface area contributed by atoms with Gasteiger partial charge in [-0.05, 0) is 12.1 Å². The molecular weight excluding hydrogens is 254 g/mol. The van der Waals surface area contributed by atoms with Gasteiger partial charge in [-0.25, -0.2) is 4.79 Å². The van der Waals surface area contributed by atoms with Crippen molar-refractivity contribution in [3.05, 3.63) is 33.9 Å². The second-order valence-electron chi connectivity index (χ2n) is 3.62. The van der Waals surface area contributed by atoms with Gasteiger partial charge in [-0.1, -0.05) is 0 Å². The Balaban J connectivity index is 2.98. The Morgan fingerprint density at radius 2 is 2.16 bits per heavy atom. The highest BCUT2D eigenvalue weighted by atomic mass is 16.6. The van der Waals surface area contributed by atoms with Crippen LogP contribution in [0.25, 0.3) is 0 Å². The number of nitrogens with two attached hydrogens (primary N) is 1. The zero-order valence-electron chi connectivity index (χ0n) is 10.2. The van der Waals surface area contributed by atoms with E-state index in [-0.39, 0.29) is 29.9 Å². The minimum atomic E-state index is -0.604. The topological polar surface area (TPSA) is 125 Å². The molecular formula is C11H13N3O5. The Hall–Kier alpha value is -2.64. The summed E-state index contributed by atoms with van der Waals surface area (Å²) in [6.07, 6.45) is 0.0274. The van der Waals surface area contributed by atoms with E-state index in [1.54, 1.807) is 0 Å². The van der Waals surface area contributed by atoms with Crippen molar-refractivity contribution in [1.29, 1.82) is 0 Å². The first-order chi connectivity index (χ1) is 8.95. The number of carbonyl (C=O) groups is 2. The van der Waals surface area contributed by atoms with Crippen LogP contribution in [0.1, 0.15) is 16.8 Å². The quantitative estimate of drug-likeness (QED) is 0.443. The van der Waals surface area contributed by atoms with Crippen LogP contribution in [0.15, 0.2) is 18.2 Å². The van der Waals surface area contributed by atoms with Gasteiger partial charge in [0.1, 0.15) is 5.69 Å². The van der Waals surface area contributed by atoms with E-state index in [0.29, 0.717) is 0 Å². The molecule has 8 nitrogen and oxygen atoms in total. The van der Waals surface area contributed by atoms with Crippen LogP contribution in [-0.4, -0.2) is 30.5 Å². The normalized spacial score (nSPS) is 9.74. The molecule has 8 heteroatoms. The van der Waals surface area contributed by atoms with Crippen LogP contribution in [-0.2, 0) is 9.53 Å². The SMILES string of the molecule is COC(=O)c1ccc([N+](=O)[O-])c(NCCC(N)=O)c1. The highest BCUT2D eigenvalue weighted by molar-refractivity contribution is 5.91. The fraction of sp³-hybridized carbons (Fsp3) is 0.273. The van der Waals surface area contributed by atoms with E-state index < -0.39 is 16.8 Å². The first kappa shape index (κ1) is 14.4. The van der Waals surface area contributed by atoms with Crippen molar-refractivity contribution >= 4 is 23.3 Å². The van der Waals surface area contributed by atoms with E-state index in [1.807, 2.05) is 0 Å². The van der Waals surface area contributed by atoms with Crippen LogP contribution < -0.4 is 11.1 Å². The van der Waals surface area contributed by atoms with Crippen LogP contribution in [0.2, 0.25) is 0 Å². The standard InChI is InChI=1S/C11H13N3O5/c1-19-11(16)7-2-3-9(14(17)18)8(6-7)13-5-4-10(12)15/h2-3,6,13H,4-5H2,1H3,(H2,12,15). The molecule has 3 N–H and O–H groups in total. The van der Waals surface area contributed by atoms with Crippen molar-refractivity contribution in [2.75, 3.05) is 19.0 Å². The predicted molar refractivity (Wildman–Crippen MR) is 66.7 cm³/mol. The minimum absolute atomic E-state index is 0.0274. The number of ether oxygens (including phenoxy) is 1. The first-order valence-electron chi connectivity index (χ1n) is 5.34. The molecule has 0 unspecified atom stereocenters. The van der Waals surface area contributed by atoms with Gasteiger partial charge < -0.3 is 15.8 Å². The number of methoxy groups -OCH3 is 1. The maximum absolute atomic E-state index is 11.3. The van der Waals surface area contributed by atoms with Crippen LogP contribution in [0, 0.1) is 10.1 Å². The summed E-state index contributed by atoms with van der Waals surface area (Å²) in [5.41, 5.74) is 5.08. The molecule has 0 aliphatic heterocycles. The Labute approximate surface area is 108 Å². The predicted octanol–water partition coefficient (Wildman–Crippen LogP) is 0.669. The zero-order chi connectivity index (χ0) is 14.4. The molecule has 0 saturated carbocycles. The van der Waals surface area contributed by atoms with E-state index in [2.05, 4.69) is 10.1 Å². The summed E-state index contributed by atoms with van der Waals surface area (Å²) < 4.78 is 4.52. The molecule has 19 heavy (non-hydrogen) atoms. The number of amides is 1. The maximum Gasteiger partial charge on any atom is 0.337 e. The van der Waals surface area contributed by atoms with Crippen LogP contribution in [0.4, 0.5) is 11.4 Å². The summed E-state index contributed by atoms with van der Waals surface area (Å²) in [5, 5.41) is 13.5. The molecule has 0 aliphatic rings. The molecule has 0 atom stereocenters. The van der Waals surface area contributed by atoms with Gasteiger partial charge in [0.2, 0.25) is 5.91 Å². The number of primary amides is 1. The van der Waals surface area contributed by atoms with E-state index in [4.69, 9.17) is 5.73 Å². The minimum Gasteiger partial charge on any atom is -0.465 e. The van der Waals surface area contributed by atoms with Crippen molar-refractivity contribution in [3.63, 3.8) is 0 Å². The van der Waals surface area contributed by atoms with E-state index in [9.17, 15) is 19.7 Å². The van der Waals surface area contributed by atoms with Crippen molar-refractivity contribution in [2.45, 2.75) is 6.42 Å². The summed E-state index contributed by atoms with van der Waals surface area (Å²) in [4.78, 5) is 32.2. The molecule has 0 heterocycles. The Kier molecular flexibility index (Phi) is 4.81. The average Bonchev–Trinajstić information content (AvgIpc) is 2.37. The largest absolute Gasteiger partial charge is 0.465 e. The third-order valence-electron chi connectivity index (χ3n) is 2.30. The van der Waals surface area contributed by atoms with Gasteiger partial charge in [0.15, 0.2) is 0 Å². The summed E-state index contributed by atoms with van der Waals surface area (Å²) >= 11 is 0. The lowest BCUT2D eigenvalue weighted by molar-refractivity contribution is -0.384.